The maximum absolute atomic E-state index is 2.42. The fourth-order valence-electron chi connectivity index (χ4n) is 2.66. The van der Waals surface area contributed by atoms with E-state index < -0.39 is 0 Å². The van der Waals surface area contributed by atoms with Gasteiger partial charge in [0.2, 0.25) is 0 Å². The number of rotatable bonds is 1. The molecule has 1 heteroatoms. The fraction of sp³-hybridized carbons (Fsp3) is 0.333. The summed E-state index contributed by atoms with van der Waals surface area (Å²) in [4.78, 5) is 0. The summed E-state index contributed by atoms with van der Waals surface area (Å²) in [5.41, 5.74) is 3.19. The second-order valence-corrected chi connectivity index (χ2v) is 8.94. The zero-order chi connectivity index (χ0) is 13.6. The van der Waals surface area contributed by atoms with Crippen molar-refractivity contribution in [2.75, 3.05) is 0 Å². The molecule has 0 radical (unpaired) electrons. The van der Waals surface area contributed by atoms with Crippen LogP contribution in [0, 0.1) is 12.3 Å². The van der Waals surface area contributed by atoms with E-state index in [-0.39, 0.29) is 0 Å². The number of hydrogen-bond donors (Lipinski definition) is 0. The summed E-state index contributed by atoms with van der Waals surface area (Å²) in [6.07, 6.45) is 1.15. The van der Waals surface area contributed by atoms with E-state index in [4.69, 9.17) is 0 Å². The molecule has 0 fully saturated rings. The van der Waals surface area contributed by atoms with Crippen LogP contribution in [0.15, 0.2) is 36.4 Å². The Morgan fingerprint density at radius 1 is 0.895 bits per heavy atom. The first kappa shape index (κ1) is 13.0. The van der Waals surface area contributed by atoms with Gasteiger partial charge >= 0.3 is 121 Å². The van der Waals surface area contributed by atoms with Crippen molar-refractivity contribution < 1.29 is 0 Å². The van der Waals surface area contributed by atoms with Gasteiger partial charge in [-0.15, -0.1) is 0 Å². The first-order chi connectivity index (χ1) is 8.92. The van der Waals surface area contributed by atoms with Crippen LogP contribution in [0.3, 0.4) is 0 Å². The third kappa shape index (κ3) is 2.63. The predicted octanol–water partition coefficient (Wildman–Crippen LogP) is 4.95. The Labute approximate surface area is 121 Å². The maximum atomic E-state index is 2.42. The van der Waals surface area contributed by atoms with Crippen LogP contribution in [0.4, 0.5) is 0 Å². The van der Waals surface area contributed by atoms with Gasteiger partial charge in [0.25, 0.3) is 0 Å². The molecule has 1 aromatic heterocycles. The predicted molar refractivity (Wildman–Crippen MR) is 86.3 cm³/mol. The van der Waals surface area contributed by atoms with Crippen molar-refractivity contribution in [2.24, 2.45) is 5.41 Å². The fourth-order valence-corrected chi connectivity index (χ4v) is 4.90. The minimum absolute atomic E-state index is 0.355. The molecule has 0 nitrogen and oxygen atoms in total. The molecule has 0 aliphatic heterocycles. The van der Waals surface area contributed by atoms with Gasteiger partial charge in [0, 0.05) is 0 Å². The van der Waals surface area contributed by atoms with E-state index in [0.29, 0.717) is 19.9 Å². The molecule has 0 amide bonds. The van der Waals surface area contributed by atoms with E-state index in [1.807, 2.05) is 0 Å². The Bertz CT molecular complexity index is 741. The second kappa shape index (κ2) is 4.51. The molecule has 1 heterocycles. The van der Waals surface area contributed by atoms with E-state index in [9.17, 15) is 0 Å². The van der Waals surface area contributed by atoms with Crippen LogP contribution in [0.25, 0.3) is 19.3 Å². The molecule has 3 aromatic rings. The molecule has 0 aliphatic carbocycles. The monoisotopic (exact) mass is 316 g/mol. The molecular weight excluding hydrogens is 295 g/mol. The van der Waals surface area contributed by atoms with Crippen molar-refractivity contribution in [3.05, 3.63) is 47.5 Å². The molecule has 0 saturated carbocycles. The van der Waals surface area contributed by atoms with Gasteiger partial charge in [-0.25, -0.2) is 0 Å². The molecule has 0 aliphatic rings. The van der Waals surface area contributed by atoms with Gasteiger partial charge in [-0.3, -0.25) is 0 Å². The normalized spacial score (nSPS) is 12.4. The van der Waals surface area contributed by atoms with E-state index in [2.05, 4.69) is 64.1 Å². The topological polar surface area (TPSA) is 0 Å². The molecule has 0 unspecified atom stereocenters. The van der Waals surface area contributed by atoms with Crippen LogP contribution in [0.1, 0.15) is 31.9 Å². The van der Waals surface area contributed by atoms with Crippen LogP contribution in [0.5, 0.6) is 0 Å². The zero-order valence-electron chi connectivity index (χ0n) is 12.1. The Balaban J connectivity index is 2.20. The Hall–Kier alpha value is -1.04. The molecule has 0 atom stereocenters. The van der Waals surface area contributed by atoms with Crippen LogP contribution >= 0.6 is 0 Å². The van der Waals surface area contributed by atoms with Crippen LogP contribution in [-0.4, -0.2) is 14.5 Å². The molecule has 0 bridgehead atoms. The van der Waals surface area contributed by atoms with Crippen LogP contribution in [-0.2, 0) is 6.42 Å². The Morgan fingerprint density at radius 3 is 2.21 bits per heavy atom. The molecule has 2 aromatic carbocycles. The van der Waals surface area contributed by atoms with Crippen molar-refractivity contribution in [1.82, 2.24) is 0 Å². The molecular formula is C18H20Se. The van der Waals surface area contributed by atoms with E-state index in [1.54, 1.807) is 8.52 Å². The van der Waals surface area contributed by atoms with Crippen molar-refractivity contribution in [2.45, 2.75) is 34.1 Å². The average molecular weight is 315 g/mol. The third-order valence-corrected chi connectivity index (χ3v) is 5.84. The van der Waals surface area contributed by atoms with Crippen molar-refractivity contribution in [3.8, 4) is 0 Å². The minimum atomic E-state index is 0.355. The molecule has 0 saturated heterocycles. The summed E-state index contributed by atoms with van der Waals surface area (Å²) >= 11 is 0.499. The first-order valence-corrected chi connectivity index (χ1v) is 8.55. The molecule has 0 N–H and O–H groups in total. The van der Waals surface area contributed by atoms with Gasteiger partial charge in [-0.1, -0.05) is 0 Å². The van der Waals surface area contributed by atoms with Gasteiger partial charge in [0.15, 0.2) is 0 Å². The number of benzene rings is 2. The van der Waals surface area contributed by atoms with Gasteiger partial charge in [-0.05, 0) is 0 Å². The van der Waals surface area contributed by atoms with Gasteiger partial charge < -0.3 is 0 Å². The van der Waals surface area contributed by atoms with Crippen molar-refractivity contribution >= 4 is 33.8 Å². The molecule has 19 heavy (non-hydrogen) atoms. The molecule has 98 valence electrons. The van der Waals surface area contributed by atoms with Gasteiger partial charge in [-0.2, -0.15) is 0 Å². The van der Waals surface area contributed by atoms with E-state index >= 15 is 0 Å². The third-order valence-electron chi connectivity index (χ3n) is 3.42. The van der Waals surface area contributed by atoms with Gasteiger partial charge in [0.05, 0.1) is 0 Å². The average Bonchev–Trinajstić information content (AvgIpc) is 2.65. The Morgan fingerprint density at radius 2 is 1.53 bits per heavy atom. The second-order valence-electron chi connectivity index (χ2n) is 6.67. The van der Waals surface area contributed by atoms with Gasteiger partial charge in [0.1, 0.15) is 0 Å². The van der Waals surface area contributed by atoms with Crippen LogP contribution in [0.2, 0.25) is 0 Å². The van der Waals surface area contributed by atoms with Crippen LogP contribution < -0.4 is 0 Å². The van der Waals surface area contributed by atoms with E-state index in [1.165, 1.54) is 21.9 Å². The van der Waals surface area contributed by atoms with Crippen molar-refractivity contribution in [3.63, 3.8) is 0 Å². The van der Waals surface area contributed by atoms with Crippen molar-refractivity contribution in [1.29, 1.82) is 0 Å². The summed E-state index contributed by atoms with van der Waals surface area (Å²) in [6, 6.07) is 14.0. The molecule has 0 spiro atoms. The number of hydrogen-bond acceptors (Lipinski definition) is 0. The summed E-state index contributed by atoms with van der Waals surface area (Å²) in [6.45, 7) is 9.11. The molecule has 3 rings (SSSR count). The quantitative estimate of drug-likeness (QED) is 0.558. The van der Waals surface area contributed by atoms with E-state index in [0.717, 1.165) is 6.42 Å². The first-order valence-electron chi connectivity index (χ1n) is 6.84. The number of fused-ring (bicyclic) bond motifs is 3. The summed E-state index contributed by atoms with van der Waals surface area (Å²) in [7, 11) is 0. The summed E-state index contributed by atoms with van der Waals surface area (Å²) in [5, 5.41) is 2.96. The standard InChI is InChI=1S/C18H20Se/c1-12-5-7-16-14(9-12)15-10-13(11-18(2,3)4)6-8-17(15)19-16/h5-10H,11H2,1-4H3. The number of aryl methyl sites for hydroxylation is 1. The summed E-state index contributed by atoms with van der Waals surface area (Å²) < 4.78 is 3.09. The summed E-state index contributed by atoms with van der Waals surface area (Å²) in [5.74, 6) is 0. The Kier molecular flexibility index (Phi) is 3.08. The zero-order valence-corrected chi connectivity index (χ0v) is 13.8. The SMILES string of the molecule is Cc1ccc2[se]c3ccc(CC(C)(C)C)cc3c2c1.